The quantitative estimate of drug-likeness (QED) is 0.872. The maximum Gasteiger partial charge on any atom is 0.226 e. The minimum absolute atomic E-state index is 0.136. The Bertz CT molecular complexity index is 683. The highest BCUT2D eigenvalue weighted by Crippen LogP contribution is 2.36. The fourth-order valence-electron chi connectivity index (χ4n) is 3.69. The third kappa shape index (κ3) is 2.86. The highest BCUT2D eigenvalue weighted by atomic mass is 16.2. The number of rotatable bonds is 3. The van der Waals surface area contributed by atoms with Crippen LogP contribution >= 0.6 is 0 Å². The summed E-state index contributed by atoms with van der Waals surface area (Å²) < 4.78 is 0. The summed E-state index contributed by atoms with van der Waals surface area (Å²) in [4.78, 5) is 25.7. The van der Waals surface area contributed by atoms with E-state index in [1.807, 2.05) is 12.1 Å². The van der Waals surface area contributed by atoms with Gasteiger partial charge in [0.25, 0.3) is 0 Å². The van der Waals surface area contributed by atoms with E-state index in [9.17, 15) is 4.79 Å². The molecule has 1 amide bonds. The Hall–Kier alpha value is -2.43. The zero-order valence-corrected chi connectivity index (χ0v) is 13.7. The summed E-state index contributed by atoms with van der Waals surface area (Å²) in [5.41, 5.74) is 1.26. The van der Waals surface area contributed by atoms with Crippen LogP contribution in [0.25, 0.3) is 0 Å². The van der Waals surface area contributed by atoms with Crippen LogP contribution in [0.15, 0.2) is 48.8 Å². The lowest BCUT2D eigenvalue weighted by atomic mass is 9.89. The molecule has 0 N–H and O–H groups in total. The van der Waals surface area contributed by atoms with Gasteiger partial charge in [-0.25, -0.2) is 9.97 Å². The summed E-state index contributed by atoms with van der Waals surface area (Å²) in [6.45, 7) is 2.59. The lowest BCUT2D eigenvalue weighted by Crippen LogP contribution is -2.50. The minimum atomic E-state index is 0.136. The van der Waals surface area contributed by atoms with Crippen LogP contribution in [0, 0.1) is 5.92 Å². The highest BCUT2D eigenvalue weighted by Gasteiger charge is 2.37. The molecule has 0 spiro atoms. The fraction of sp³-hybridized carbons (Fsp3) is 0.421. The number of hydrogen-bond acceptors (Lipinski definition) is 4. The third-order valence-electron chi connectivity index (χ3n) is 5.17. The smallest absolute Gasteiger partial charge is 0.226 e. The monoisotopic (exact) mass is 322 g/mol. The zero-order chi connectivity index (χ0) is 16.4. The number of amides is 1. The molecule has 0 saturated carbocycles. The Labute approximate surface area is 142 Å². The minimum Gasteiger partial charge on any atom is -0.341 e. The predicted octanol–water partition coefficient (Wildman–Crippen LogP) is 2.67. The molecule has 2 aliphatic heterocycles. The van der Waals surface area contributed by atoms with Gasteiger partial charge in [0.05, 0.1) is 6.04 Å². The number of anilines is 1. The van der Waals surface area contributed by atoms with Crippen molar-refractivity contribution in [3.8, 4) is 0 Å². The molecule has 4 rings (SSSR count). The van der Waals surface area contributed by atoms with E-state index in [0.29, 0.717) is 5.91 Å². The Balaban J connectivity index is 1.37. The van der Waals surface area contributed by atoms with E-state index < -0.39 is 0 Å². The molecule has 24 heavy (non-hydrogen) atoms. The molecule has 2 aliphatic rings. The molecule has 0 aliphatic carbocycles. The average Bonchev–Trinajstić information content (AvgIpc) is 2.62. The van der Waals surface area contributed by atoms with Gasteiger partial charge in [-0.05, 0) is 30.9 Å². The van der Waals surface area contributed by atoms with Gasteiger partial charge in [0.15, 0.2) is 0 Å². The number of likely N-dealkylation sites (tertiary alicyclic amines) is 1. The molecular weight excluding hydrogens is 300 g/mol. The standard InChI is InChI=1S/C19H22N4O/c24-18(23-14-9-17(23)15-5-2-1-3-6-15)16-7-12-22(13-8-16)19-20-10-4-11-21-19/h1-6,10-11,16-17H,7-9,12-14H2/t17-/m1/s1. The van der Waals surface area contributed by atoms with Crippen molar-refractivity contribution >= 4 is 11.9 Å². The second-order valence-corrected chi connectivity index (χ2v) is 6.56. The summed E-state index contributed by atoms with van der Waals surface area (Å²) in [6, 6.07) is 12.5. The van der Waals surface area contributed by atoms with Gasteiger partial charge in [0.2, 0.25) is 11.9 Å². The van der Waals surface area contributed by atoms with Crippen molar-refractivity contribution in [2.75, 3.05) is 24.5 Å². The molecule has 1 aromatic heterocycles. The SMILES string of the molecule is O=C(C1CCN(c2ncccn2)CC1)N1CC[C@@H]1c1ccccc1. The van der Waals surface area contributed by atoms with Gasteiger partial charge < -0.3 is 9.80 Å². The Kier molecular flexibility index (Phi) is 4.15. The molecule has 124 valence electrons. The molecular formula is C19H22N4O. The average molecular weight is 322 g/mol. The van der Waals surface area contributed by atoms with Gasteiger partial charge in [-0.1, -0.05) is 30.3 Å². The normalized spacial score (nSPS) is 21.4. The number of carbonyl (C=O) groups is 1. The van der Waals surface area contributed by atoms with E-state index in [0.717, 1.165) is 44.8 Å². The van der Waals surface area contributed by atoms with Crippen molar-refractivity contribution in [2.24, 2.45) is 5.92 Å². The first-order chi connectivity index (χ1) is 11.8. The van der Waals surface area contributed by atoms with Crippen molar-refractivity contribution in [2.45, 2.75) is 25.3 Å². The van der Waals surface area contributed by atoms with Crippen LogP contribution in [0.3, 0.4) is 0 Å². The number of hydrogen-bond donors (Lipinski definition) is 0. The van der Waals surface area contributed by atoms with Crippen molar-refractivity contribution < 1.29 is 4.79 Å². The molecule has 5 nitrogen and oxygen atoms in total. The number of carbonyl (C=O) groups excluding carboxylic acids is 1. The number of aromatic nitrogens is 2. The Morgan fingerprint density at radius 1 is 0.917 bits per heavy atom. The largest absolute Gasteiger partial charge is 0.341 e. The first kappa shape index (κ1) is 15.1. The van der Waals surface area contributed by atoms with Crippen LogP contribution in [0.4, 0.5) is 5.95 Å². The maximum absolute atomic E-state index is 12.9. The van der Waals surface area contributed by atoms with Crippen molar-refractivity contribution in [1.82, 2.24) is 14.9 Å². The molecule has 0 unspecified atom stereocenters. The number of benzene rings is 1. The van der Waals surface area contributed by atoms with E-state index in [-0.39, 0.29) is 12.0 Å². The third-order valence-corrected chi connectivity index (χ3v) is 5.17. The van der Waals surface area contributed by atoms with Gasteiger partial charge >= 0.3 is 0 Å². The molecule has 1 atom stereocenters. The molecule has 1 aromatic carbocycles. The summed E-state index contributed by atoms with van der Waals surface area (Å²) in [5, 5.41) is 0. The van der Waals surface area contributed by atoms with E-state index in [1.54, 1.807) is 12.4 Å². The predicted molar refractivity (Wildman–Crippen MR) is 92.5 cm³/mol. The molecule has 0 bridgehead atoms. The second-order valence-electron chi connectivity index (χ2n) is 6.56. The topological polar surface area (TPSA) is 49.3 Å². The molecule has 2 aromatic rings. The molecule has 0 radical (unpaired) electrons. The van der Waals surface area contributed by atoms with E-state index >= 15 is 0 Å². The van der Waals surface area contributed by atoms with Gasteiger partial charge in [0.1, 0.15) is 0 Å². The van der Waals surface area contributed by atoms with E-state index in [1.165, 1.54) is 5.56 Å². The van der Waals surface area contributed by atoms with Crippen LogP contribution in [-0.2, 0) is 4.79 Å². The van der Waals surface area contributed by atoms with Crippen molar-refractivity contribution in [3.05, 3.63) is 54.4 Å². The van der Waals surface area contributed by atoms with Gasteiger partial charge in [-0.15, -0.1) is 0 Å². The van der Waals surface area contributed by atoms with Crippen molar-refractivity contribution in [3.63, 3.8) is 0 Å². The zero-order valence-electron chi connectivity index (χ0n) is 13.7. The fourth-order valence-corrected chi connectivity index (χ4v) is 3.69. The summed E-state index contributed by atoms with van der Waals surface area (Å²) in [6.07, 6.45) is 6.38. The Morgan fingerprint density at radius 3 is 2.25 bits per heavy atom. The molecule has 3 heterocycles. The molecule has 2 saturated heterocycles. The van der Waals surface area contributed by atoms with Gasteiger partial charge in [-0.3, -0.25) is 4.79 Å². The van der Waals surface area contributed by atoms with E-state index in [4.69, 9.17) is 0 Å². The maximum atomic E-state index is 12.9. The summed E-state index contributed by atoms with van der Waals surface area (Å²) in [5.74, 6) is 1.23. The Morgan fingerprint density at radius 2 is 1.62 bits per heavy atom. The van der Waals surface area contributed by atoms with E-state index in [2.05, 4.69) is 44.0 Å². The van der Waals surface area contributed by atoms with Gasteiger partial charge in [-0.2, -0.15) is 0 Å². The second kappa shape index (κ2) is 6.59. The molecule has 2 fully saturated rings. The summed E-state index contributed by atoms with van der Waals surface area (Å²) in [7, 11) is 0. The lowest BCUT2D eigenvalue weighted by molar-refractivity contribution is -0.144. The number of piperidine rings is 1. The lowest BCUT2D eigenvalue weighted by Gasteiger charge is -2.44. The summed E-state index contributed by atoms with van der Waals surface area (Å²) >= 11 is 0. The first-order valence-electron chi connectivity index (χ1n) is 8.70. The van der Waals surface area contributed by atoms with Crippen LogP contribution in [0.5, 0.6) is 0 Å². The first-order valence-corrected chi connectivity index (χ1v) is 8.70. The van der Waals surface area contributed by atoms with Gasteiger partial charge in [0, 0.05) is 37.9 Å². The van der Waals surface area contributed by atoms with Crippen molar-refractivity contribution in [1.29, 1.82) is 0 Å². The van der Waals surface area contributed by atoms with Crippen LogP contribution in [0.1, 0.15) is 30.9 Å². The van der Waals surface area contributed by atoms with Crippen LogP contribution in [0.2, 0.25) is 0 Å². The molecule has 5 heteroatoms. The highest BCUT2D eigenvalue weighted by molar-refractivity contribution is 5.80. The van der Waals surface area contributed by atoms with Crippen LogP contribution < -0.4 is 4.90 Å². The van der Waals surface area contributed by atoms with Crippen LogP contribution in [-0.4, -0.2) is 40.4 Å². The number of nitrogens with zero attached hydrogens (tertiary/aromatic N) is 4.